The summed E-state index contributed by atoms with van der Waals surface area (Å²) < 4.78 is 41.3. The summed E-state index contributed by atoms with van der Waals surface area (Å²) in [5.74, 6) is -0.538. The van der Waals surface area contributed by atoms with Crippen LogP contribution < -0.4 is 5.73 Å². The molecular weight excluding hydrogens is 279 g/mol. The third-order valence-electron chi connectivity index (χ3n) is 4.46. The number of nitrogens with zero attached hydrogens (tertiary/aromatic N) is 2. The highest BCUT2D eigenvalue weighted by atomic mass is 19.4. The summed E-state index contributed by atoms with van der Waals surface area (Å²) in [4.78, 5) is 3.80. The van der Waals surface area contributed by atoms with E-state index in [0.717, 1.165) is 25.7 Å². The van der Waals surface area contributed by atoms with Gasteiger partial charge in [0, 0.05) is 11.7 Å². The topological polar surface area (TPSA) is 43.8 Å². The number of anilines is 1. The van der Waals surface area contributed by atoms with Crippen LogP contribution in [0.1, 0.15) is 44.5 Å². The first-order valence-corrected chi connectivity index (χ1v) is 7.22. The van der Waals surface area contributed by atoms with Crippen LogP contribution in [0.4, 0.5) is 18.9 Å². The number of fused-ring (bicyclic) bond motifs is 1. The number of hydrogen-bond acceptors (Lipinski definition) is 2. The highest BCUT2D eigenvalue weighted by Gasteiger charge is 2.40. The molecule has 1 aromatic carbocycles. The van der Waals surface area contributed by atoms with Gasteiger partial charge in [-0.2, -0.15) is 13.2 Å². The molecule has 1 saturated carbocycles. The first-order chi connectivity index (χ1) is 9.88. The summed E-state index contributed by atoms with van der Waals surface area (Å²) in [6.07, 6.45) is -0.313. The van der Waals surface area contributed by atoms with Crippen molar-refractivity contribution in [2.24, 2.45) is 5.92 Å². The van der Waals surface area contributed by atoms with Crippen molar-refractivity contribution in [2.75, 3.05) is 5.73 Å². The molecule has 0 amide bonds. The van der Waals surface area contributed by atoms with Crippen molar-refractivity contribution in [3.05, 3.63) is 24.0 Å². The summed E-state index contributed by atoms with van der Waals surface area (Å²) in [5, 5.41) is 0. The largest absolute Gasteiger partial charge is 0.449 e. The van der Waals surface area contributed by atoms with Crippen molar-refractivity contribution in [1.29, 1.82) is 0 Å². The molecule has 2 aromatic rings. The molecule has 1 fully saturated rings. The molecule has 0 bridgehead atoms. The van der Waals surface area contributed by atoms with Gasteiger partial charge in [-0.1, -0.05) is 12.8 Å². The van der Waals surface area contributed by atoms with E-state index in [-0.39, 0.29) is 12.0 Å². The lowest BCUT2D eigenvalue weighted by atomic mass is 9.99. The minimum Gasteiger partial charge on any atom is -0.399 e. The number of alkyl halides is 3. The number of benzene rings is 1. The number of hydrogen-bond donors (Lipinski definition) is 1. The van der Waals surface area contributed by atoms with Crippen LogP contribution in [0.25, 0.3) is 11.0 Å². The Balaban J connectivity index is 2.17. The zero-order chi connectivity index (χ0) is 15.2. The standard InChI is InChI=1S/C15H18F3N3/c1-9(10-4-2-3-5-10)21-13-7-6-11(19)8-12(13)20-14(21)15(16,17)18/h6-10H,2-5,19H2,1H3. The number of halogens is 3. The fourth-order valence-corrected chi connectivity index (χ4v) is 3.38. The lowest BCUT2D eigenvalue weighted by Crippen LogP contribution is -2.21. The first-order valence-electron chi connectivity index (χ1n) is 7.22. The Bertz CT molecular complexity index is 654. The maximum atomic E-state index is 13.3. The molecule has 3 rings (SSSR count). The molecular formula is C15H18F3N3. The van der Waals surface area contributed by atoms with Crippen LogP contribution in [0.3, 0.4) is 0 Å². The van der Waals surface area contributed by atoms with E-state index in [1.807, 2.05) is 6.92 Å². The Labute approximate surface area is 121 Å². The SMILES string of the molecule is CC(C1CCCC1)n1c(C(F)(F)F)nc2cc(N)ccc21. The molecule has 0 radical (unpaired) electrons. The maximum Gasteiger partial charge on any atom is 0.449 e. The van der Waals surface area contributed by atoms with Crippen molar-refractivity contribution in [1.82, 2.24) is 9.55 Å². The second-order valence-electron chi connectivity index (χ2n) is 5.84. The number of nitrogen functional groups attached to an aromatic ring is 1. The van der Waals surface area contributed by atoms with Gasteiger partial charge in [0.2, 0.25) is 5.82 Å². The normalized spacial score (nSPS) is 18.5. The van der Waals surface area contributed by atoms with Crippen molar-refractivity contribution in [3.63, 3.8) is 0 Å². The molecule has 1 aliphatic rings. The zero-order valence-electron chi connectivity index (χ0n) is 11.8. The van der Waals surface area contributed by atoms with Gasteiger partial charge in [-0.25, -0.2) is 4.98 Å². The van der Waals surface area contributed by atoms with Crippen LogP contribution in [0.5, 0.6) is 0 Å². The average molecular weight is 297 g/mol. The Morgan fingerprint density at radius 1 is 1.29 bits per heavy atom. The molecule has 114 valence electrons. The number of aromatic nitrogens is 2. The van der Waals surface area contributed by atoms with E-state index < -0.39 is 12.0 Å². The summed E-state index contributed by atoms with van der Waals surface area (Å²) in [7, 11) is 0. The molecule has 1 aromatic heterocycles. The van der Waals surface area contributed by atoms with Crippen LogP contribution >= 0.6 is 0 Å². The molecule has 3 nitrogen and oxygen atoms in total. The second-order valence-corrected chi connectivity index (χ2v) is 5.84. The van der Waals surface area contributed by atoms with E-state index in [1.165, 1.54) is 10.6 Å². The van der Waals surface area contributed by atoms with Crippen LogP contribution in [-0.2, 0) is 6.18 Å². The molecule has 0 saturated heterocycles. The Morgan fingerprint density at radius 2 is 1.95 bits per heavy atom. The van der Waals surface area contributed by atoms with Crippen LogP contribution in [0.2, 0.25) is 0 Å². The molecule has 1 heterocycles. The highest BCUT2D eigenvalue weighted by molar-refractivity contribution is 5.80. The molecule has 1 aliphatic carbocycles. The minimum absolute atomic E-state index is 0.210. The van der Waals surface area contributed by atoms with Gasteiger partial charge >= 0.3 is 6.18 Å². The van der Waals surface area contributed by atoms with Crippen LogP contribution in [0, 0.1) is 5.92 Å². The lowest BCUT2D eigenvalue weighted by Gasteiger charge is -2.24. The number of imidazole rings is 1. The predicted molar refractivity (Wildman–Crippen MR) is 75.8 cm³/mol. The zero-order valence-corrected chi connectivity index (χ0v) is 11.8. The quantitative estimate of drug-likeness (QED) is 0.835. The fraction of sp³-hybridized carbons (Fsp3) is 0.533. The minimum atomic E-state index is -4.46. The van der Waals surface area contributed by atoms with Gasteiger partial charge in [0.25, 0.3) is 0 Å². The van der Waals surface area contributed by atoms with E-state index in [2.05, 4.69) is 4.98 Å². The first kappa shape index (κ1) is 14.2. The number of nitrogens with two attached hydrogens (primary N) is 1. The van der Waals surface area contributed by atoms with Crippen molar-refractivity contribution < 1.29 is 13.2 Å². The van der Waals surface area contributed by atoms with Gasteiger partial charge in [0.15, 0.2) is 0 Å². The fourth-order valence-electron chi connectivity index (χ4n) is 3.38. The molecule has 1 unspecified atom stereocenters. The Kier molecular flexibility index (Phi) is 3.34. The third kappa shape index (κ3) is 2.47. The van der Waals surface area contributed by atoms with Gasteiger partial charge in [0.05, 0.1) is 11.0 Å². The summed E-state index contributed by atoms with van der Waals surface area (Å²) in [5.41, 5.74) is 6.91. The van der Waals surface area contributed by atoms with E-state index in [0.29, 0.717) is 16.7 Å². The van der Waals surface area contributed by atoms with Crippen LogP contribution in [-0.4, -0.2) is 9.55 Å². The van der Waals surface area contributed by atoms with Crippen molar-refractivity contribution >= 4 is 16.7 Å². The average Bonchev–Trinajstić information content (AvgIpc) is 3.03. The summed E-state index contributed by atoms with van der Waals surface area (Å²) in [6, 6.07) is 4.56. The molecule has 1 atom stereocenters. The van der Waals surface area contributed by atoms with Gasteiger partial charge in [-0.15, -0.1) is 0 Å². The second kappa shape index (κ2) is 4.93. The number of rotatable bonds is 2. The highest BCUT2D eigenvalue weighted by Crippen LogP contribution is 2.40. The maximum absolute atomic E-state index is 13.3. The van der Waals surface area contributed by atoms with E-state index >= 15 is 0 Å². The van der Waals surface area contributed by atoms with E-state index in [4.69, 9.17) is 5.73 Å². The molecule has 2 N–H and O–H groups in total. The van der Waals surface area contributed by atoms with Crippen molar-refractivity contribution in [3.8, 4) is 0 Å². The lowest BCUT2D eigenvalue weighted by molar-refractivity contribution is -0.147. The van der Waals surface area contributed by atoms with Gasteiger partial charge < -0.3 is 10.3 Å². The smallest absolute Gasteiger partial charge is 0.399 e. The van der Waals surface area contributed by atoms with E-state index in [9.17, 15) is 13.2 Å². The monoisotopic (exact) mass is 297 g/mol. The Morgan fingerprint density at radius 3 is 2.57 bits per heavy atom. The van der Waals surface area contributed by atoms with Crippen LogP contribution in [0.15, 0.2) is 18.2 Å². The van der Waals surface area contributed by atoms with Gasteiger partial charge in [0.1, 0.15) is 0 Å². The predicted octanol–water partition coefficient (Wildman–Crippen LogP) is 4.39. The third-order valence-corrected chi connectivity index (χ3v) is 4.46. The molecule has 6 heteroatoms. The van der Waals surface area contributed by atoms with E-state index in [1.54, 1.807) is 12.1 Å². The van der Waals surface area contributed by atoms with Gasteiger partial charge in [-0.3, -0.25) is 0 Å². The molecule has 0 spiro atoms. The summed E-state index contributed by atoms with van der Waals surface area (Å²) in [6.45, 7) is 1.86. The van der Waals surface area contributed by atoms with Gasteiger partial charge in [-0.05, 0) is 43.9 Å². The molecule has 21 heavy (non-hydrogen) atoms. The summed E-state index contributed by atoms with van der Waals surface area (Å²) >= 11 is 0. The van der Waals surface area contributed by atoms with Crippen molar-refractivity contribution in [2.45, 2.75) is 44.8 Å². The Hall–Kier alpha value is -1.72. The molecule has 0 aliphatic heterocycles.